The number of aryl methyl sites for hydroxylation is 3. The second-order valence-corrected chi connectivity index (χ2v) is 6.98. The van der Waals surface area contributed by atoms with Crippen molar-refractivity contribution in [1.82, 2.24) is 25.3 Å². The molecule has 1 aliphatic carbocycles. The molecule has 1 unspecified atom stereocenters. The predicted octanol–water partition coefficient (Wildman–Crippen LogP) is 2.24. The number of hydrogen-bond acceptors (Lipinski definition) is 5. The Kier molecular flexibility index (Phi) is 4.75. The Hall–Kier alpha value is -2.96. The number of fused-ring (bicyclic) bond motifs is 1. The standard InChI is InChI=1S/C20H23N5O2/c1-13-16(22-20(27-13)14-6-4-3-5-7-14)10-11-21-19(26)15-8-9-17-18(12-15)25(2)24-23-17/h3-7,15H,8-12H2,1-2H3,(H,21,26). The minimum Gasteiger partial charge on any atom is -0.441 e. The quantitative estimate of drug-likeness (QED) is 0.749. The first kappa shape index (κ1) is 17.5. The normalized spacial score (nSPS) is 16.1. The molecule has 2 heterocycles. The number of hydrogen-bond donors (Lipinski definition) is 1. The average Bonchev–Trinajstić information content (AvgIpc) is 3.25. The fourth-order valence-corrected chi connectivity index (χ4v) is 3.55. The average molecular weight is 365 g/mol. The van der Waals surface area contributed by atoms with Gasteiger partial charge in [0, 0.05) is 37.9 Å². The van der Waals surface area contributed by atoms with E-state index in [1.807, 2.05) is 44.3 Å². The molecule has 1 aromatic carbocycles. The monoisotopic (exact) mass is 365 g/mol. The second kappa shape index (κ2) is 7.34. The molecule has 0 saturated carbocycles. The summed E-state index contributed by atoms with van der Waals surface area (Å²) in [5.41, 5.74) is 3.93. The summed E-state index contributed by atoms with van der Waals surface area (Å²) in [5.74, 6) is 1.49. The first-order valence-corrected chi connectivity index (χ1v) is 9.28. The Bertz CT molecular complexity index is 945. The maximum atomic E-state index is 12.5. The van der Waals surface area contributed by atoms with Crippen LogP contribution in [0.5, 0.6) is 0 Å². The van der Waals surface area contributed by atoms with Crippen molar-refractivity contribution in [2.75, 3.05) is 6.54 Å². The summed E-state index contributed by atoms with van der Waals surface area (Å²) in [5, 5.41) is 11.2. The molecule has 7 nitrogen and oxygen atoms in total. The zero-order chi connectivity index (χ0) is 18.8. The van der Waals surface area contributed by atoms with Crippen LogP contribution in [-0.2, 0) is 31.1 Å². The van der Waals surface area contributed by atoms with Crippen LogP contribution in [0.15, 0.2) is 34.7 Å². The van der Waals surface area contributed by atoms with Crippen molar-refractivity contribution in [3.8, 4) is 11.5 Å². The minimum absolute atomic E-state index is 0.0204. The summed E-state index contributed by atoms with van der Waals surface area (Å²) in [4.78, 5) is 17.1. The van der Waals surface area contributed by atoms with Gasteiger partial charge in [-0.2, -0.15) is 0 Å². The van der Waals surface area contributed by atoms with E-state index in [9.17, 15) is 4.79 Å². The van der Waals surface area contributed by atoms with Crippen molar-refractivity contribution in [1.29, 1.82) is 0 Å². The van der Waals surface area contributed by atoms with E-state index in [-0.39, 0.29) is 11.8 Å². The third kappa shape index (κ3) is 3.63. The van der Waals surface area contributed by atoms with Crippen LogP contribution in [0.1, 0.15) is 29.3 Å². The van der Waals surface area contributed by atoms with E-state index in [0.717, 1.165) is 41.2 Å². The van der Waals surface area contributed by atoms with E-state index in [1.54, 1.807) is 4.68 Å². The van der Waals surface area contributed by atoms with Gasteiger partial charge in [0.2, 0.25) is 11.8 Å². The molecule has 3 aromatic rings. The van der Waals surface area contributed by atoms with Crippen LogP contribution in [0, 0.1) is 12.8 Å². The fraction of sp³-hybridized carbons (Fsp3) is 0.400. The molecule has 0 spiro atoms. The molecule has 0 aliphatic heterocycles. The summed E-state index contributed by atoms with van der Waals surface area (Å²) in [6, 6.07) is 9.83. The number of nitrogens with zero attached hydrogens (tertiary/aromatic N) is 4. The summed E-state index contributed by atoms with van der Waals surface area (Å²) in [6.07, 6.45) is 2.98. The Balaban J connectivity index is 1.33. The SMILES string of the molecule is Cc1oc(-c2ccccc2)nc1CCNC(=O)C1CCc2nnn(C)c2C1. The number of benzene rings is 1. The molecule has 1 aliphatic rings. The summed E-state index contributed by atoms with van der Waals surface area (Å²) < 4.78 is 7.55. The number of amides is 1. The van der Waals surface area contributed by atoms with Gasteiger partial charge in [0.1, 0.15) is 5.76 Å². The van der Waals surface area contributed by atoms with Gasteiger partial charge in [0.25, 0.3) is 0 Å². The molecule has 1 N–H and O–H groups in total. The lowest BCUT2D eigenvalue weighted by Gasteiger charge is -2.20. The number of oxazole rings is 1. The molecule has 140 valence electrons. The third-order valence-corrected chi connectivity index (χ3v) is 5.14. The number of carbonyl (C=O) groups is 1. The van der Waals surface area contributed by atoms with Gasteiger partial charge >= 0.3 is 0 Å². The minimum atomic E-state index is -0.0204. The van der Waals surface area contributed by atoms with Crippen molar-refractivity contribution in [2.45, 2.75) is 32.6 Å². The summed E-state index contributed by atoms with van der Waals surface area (Å²) >= 11 is 0. The van der Waals surface area contributed by atoms with Crippen molar-refractivity contribution >= 4 is 5.91 Å². The fourth-order valence-electron chi connectivity index (χ4n) is 3.55. The molecule has 4 rings (SSSR count). The van der Waals surface area contributed by atoms with E-state index in [4.69, 9.17) is 4.42 Å². The van der Waals surface area contributed by atoms with E-state index in [0.29, 0.717) is 25.3 Å². The predicted molar refractivity (Wildman–Crippen MR) is 99.9 cm³/mol. The molecule has 0 saturated heterocycles. The maximum Gasteiger partial charge on any atom is 0.226 e. The van der Waals surface area contributed by atoms with Crippen molar-refractivity contribution in [3.05, 3.63) is 53.2 Å². The number of aromatic nitrogens is 4. The lowest BCUT2D eigenvalue weighted by atomic mass is 9.89. The van der Waals surface area contributed by atoms with Crippen molar-refractivity contribution in [3.63, 3.8) is 0 Å². The Morgan fingerprint density at radius 1 is 1.33 bits per heavy atom. The molecule has 1 atom stereocenters. The van der Waals surface area contributed by atoms with Gasteiger partial charge in [-0.3, -0.25) is 9.48 Å². The van der Waals surface area contributed by atoms with E-state index in [2.05, 4.69) is 20.6 Å². The van der Waals surface area contributed by atoms with Crippen molar-refractivity contribution in [2.24, 2.45) is 13.0 Å². The van der Waals surface area contributed by atoms with Crippen LogP contribution in [0.25, 0.3) is 11.5 Å². The van der Waals surface area contributed by atoms with Crippen LogP contribution in [0.2, 0.25) is 0 Å². The maximum absolute atomic E-state index is 12.5. The van der Waals surface area contributed by atoms with Gasteiger partial charge in [-0.15, -0.1) is 5.10 Å². The number of rotatable bonds is 5. The number of nitrogens with one attached hydrogen (secondary N) is 1. The highest BCUT2D eigenvalue weighted by molar-refractivity contribution is 5.79. The largest absolute Gasteiger partial charge is 0.441 e. The van der Waals surface area contributed by atoms with E-state index >= 15 is 0 Å². The van der Waals surface area contributed by atoms with Crippen molar-refractivity contribution < 1.29 is 9.21 Å². The van der Waals surface area contributed by atoms with Gasteiger partial charge in [-0.05, 0) is 31.9 Å². The van der Waals surface area contributed by atoms with Gasteiger partial charge < -0.3 is 9.73 Å². The highest BCUT2D eigenvalue weighted by Gasteiger charge is 2.27. The zero-order valence-electron chi connectivity index (χ0n) is 15.6. The lowest BCUT2D eigenvalue weighted by Crippen LogP contribution is -2.35. The van der Waals surface area contributed by atoms with Crippen LogP contribution in [-0.4, -0.2) is 32.4 Å². The lowest BCUT2D eigenvalue weighted by molar-refractivity contribution is -0.125. The van der Waals surface area contributed by atoms with Gasteiger partial charge in [-0.25, -0.2) is 4.98 Å². The summed E-state index contributed by atoms with van der Waals surface area (Å²) in [7, 11) is 1.88. The van der Waals surface area contributed by atoms with E-state index < -0.39 is 0 Å². The second-order valence-electron chi connectivity index (χ2n) is 6.98. The molecule has 0 radical (unpaired) electrons. The molecule has 0 bridgehead atoms. The van der Waals surface area contributed by atoms with Crippen LogP contribution in [0.3, 0.4) is 0 Å². The highest BCUT2D eigenvalue weighted by atomic mass is 16.4. The molecule has 1 amide bonds. The van der Waals surface area contributed by atoms with Gasteiger partial charge in [0.05, 0.1) is 17.1 Å². The Morgan fingerprint density at radius 3 is 2.96 bits per heavy atom. The molecular weight excluding hydrogens is 342 g/mol. The third-order valence-electron chi connectivity index (χ3n) is 5.14. The van der Waals surface area contributed by atoms with Crippen LogP contribution in [0.4, 0.5) is 0 Å². The van der Waals surface area contributed by atoms with E-state index in [1.165, 1.54) is 0 Å². The molecule has 2 aromatic heterocycles. The van der Waals surface area contributed by atoms with Crippen LogP contribution >= 0.6 is 0 Å². The van der Waals surface area contributed by atoms with Crippen LogP contribution < -0.4 is 5.32 Å². The topological polar surface area (TPSA) is 85.8 Å². The summed E-state index contributed by atoms with van der Waals surface area (Å²) in [6.45, 7) is 2.46. The van der Waals surface area contributed by atoms with Gasteiger partial charge in [-0.1, -0.05) is 23.4 Å². The number of carbonyl (C=O) groups excluding carboxylic acids is 1. The molecular formula is C20H23N5O2. The highest BCUT2D eigenvalue weighted by Crippen LogP contribution is 2.24. The molecule has 0 fully saturated rings. The molecule has 27 heavy (non-hydrogen) atoms. The smallest absolute Gasteiger partial charge is 0.226 e. The zero-order valence-corrected chi connectivity index (χ0v) is 15.6. The first-order valence-electron chi connectivity index (χ1n) is 9.28. The van der Waals surface area contributed by atoms with Gasteiger partial charge in [0.15, 0.2) is 0 Å². The Labute approximate surface area is 157 Å². The Morgan fingerprint density at radius 2 is 2.15 bits per heavy atom. The molecule has 7 heteroatoms. The first-order chi connectivity index (χ1) is 13.1.